The van der Waals surface area contributed by atoms with Crippen LogP contribution in [0.25, 0.3) is 11.1 Å². The first kappa shape index (κ1) is 13.5. The van der Waals surface area contributed by atoms with Crippen molar-refractivity contribution in [3.63, 3.8) is 0 Å². The van der Waals surface area contributed by atoms with Gasteiger partial charge in [0, 0.05) is 23.9 Å². The third kappa shape index (κ3) is 2.30. The summed E-state index contributed by atoms with van der Waals surface area (Å²) in [4.78, 5) is 11.2. The van der Waals surface area contributed by atoms with Gasteiger partial charge in [0.1, 0.15) is 5.82 Å². The van der Waals surface area contributed by atoms with Gasteiger partial charge < -0.3 is 0 Å². The number of carbonyl (C=O) groups is 1. The molecule has 2 rings (SSSR count). The van der Waals surface area contributed by atoms with Gasteiger partial charge in [0.05, 0.1) is 5.69 Å². The second-order valence-electron chi connectivity index (χ2n) is 4.45. The molecule has 2 aromatic rings. The molecular weight excluding hydrogens is 243 g/mol. The number of aromatic nitrogens is 2. The van der Waals surface area contributed by atoms with Crippen LogP contribution in [-0.2, 0) is 19.9 Å². The van der Waals surface area contributed by atoms with Crippen molar-refractivity contribution < 1.29 is 9.18 Å². The fourth-order valence-corrected chi connectivity index (χ4v) is 2.43. The van der Waals surface area contributed by atoms with E-state index in [2.05, 4.69) is 5.10 Å². The van der Waals surface area contributed by atoms with Crippen molar-refractivity contribution in [1.82, 2.24) is 9.78 Å². The average Bonchev–Trinajstić information content (AvgIpc) is 2.74. The SMILES string of the molecule is CCc1nn(C)c(CC)c1-c1cc(F)ccc1C=O. The number of aldehydes is 1. The highest BCUT2D eigenvalue weighted by Gasteiger charge is 2.18. The van der Waals surface area contributed by atoms with E-state index in [1.807, 2.05) is 25.6 Å². The molecule has 0 unspecified atom stereocenters. The van der Waals surface area contributed by atoms with Gasteiger partial charge in [-0.05, 0) is 36.6 Å². The minimum Gasteiger partial charge on any atom is -0.298 e. The summed E-state index contributed by atoms with van der Waals surface area (Å²) in [6.45, 7) is 4.03. The van der Waals surface area contributed by atoms with Gasteiger partial charge in [-0.3, -0.25) is 9.48 Å². The lowest BCUT2D eigenvalue weighted by molar-refractivity contribution is 0.112. The van der Waals surface area contributed by atoms with Gasteiger partial charge in [-0.2, -0.15) is 5.10 Å². The number of nitrogens with zero attached hydrogens (tertiary/aromatic N) is 2. The zero-order valence-electron chi connectivity index (χ0n) is 11.4. The van der Waals surface area contributed by atoms with Gasteiger partial charge in [0.2, 0.25) is 0 Å². The fourth-order valence-electron chi connectivity index (χ4n) is 2.43. The van der Waals surface area contributed by atoms with Crippen molar-refractivity contribution in [2.45, 2.75) is 26.7 Å². The number of benzene rings is 1. The molecule has 1 heterocycles. The van der Waals surface area contributed by atoms with Crippen LogP contribution in [0.5, 0.6) is 0 Å². The minimum atomic E-state index is -0.339. The lowest BCUT2D eigenvalue weighted by Gasteiger charge is -2.08. The molecule has 4 heteroatoms. The van der Waals surface area contributed by atoms with Gasteiger partial charge in [-0.25, -0.2) is 4.39 Å². The smallest absolute Gasteiger partial charge is 0.150 e. The molecule has 0 fully saturated rings. The van der Waals surface area contributed by atoms with Crippen LogP contribution in [0.3, 0.4) is 0 Å². The predicted molar refractivity (Wildman–Crippen MR) is 72.7 cm³/mol. The molecule has 0 N–H and O–H groups in total. The number of rotatable bonds is 4. The second-order valence-corrected chi connectivity index (χ2v) is 4.45. The van der Waals surface area contributed by atoms with Crippen LogP contribution >= 0.6 is 0 Å². The van der Waals surface area contributed by atoms with E-state index in [1.165, 1.54) is 18.2 Å². The van der Waals surface area contributed by atoms with Gasteiger partial charge in [-0.1, -0.05) is 13.8 Å². The van der Waals surface area contributed by atoms with Crippen LogP contribution < -0.4 is 0 Å². The zero-order chi connectivity index (χ0) is 14.0. The van der Waals surface area contributed by atoms with Crippen molar-refractivity contribution in [1.29, 1.82) is 0 Å². The standard InChI is InChI=1S/C15H17FN2O/c1-4-13-15(14(5-2)18(3)17-13)12-8-11(16)7-6-10(12)9-19/h6-9H,4-5H2,1-3H3. The summed E-state index contributed by atoms with van der Waals surface area (Å²) < 4.78 is 15.3. The summed E-state index contributed by atoms with van der Waals surface area (Å²) in [5.74, 6) is -0.339. The molecular formula is C15H17FN2O. The van der Waals surface area contributed by atoms with Crippen molar-refractivity contribution in [2.24, 2.45) is 7.05 Å². The molecule has 0 aliphatic heterocycles. The highest BCUT2D eigenvalue weighted by atomic mass is 19.1. The normalized spacial score (nSPS) is 10.7. The Bertz CT molecular complexity index is 617. The Kier molecular flexibility index (Phi) is 3.79. The van der Waals surface area contributed by atoms with Crippen LogP contribution in [0, 0.1) is 5.82 Å². The Balaban J connectivity index is 2.77. The quantitative estimate of drug-likeness (QED) is 0.791. The lowest BCUT2D eigenvalue weighted by atomic mass is 9.96. The first-order chi connectivity index (χ1) is 9.12. The number of hydrogen-bond acceptors (Lipinski definition) is 2. The average molecular weight is 260 g/mol. The molecule has 0 amide bonds. The second kappa shape index (κ2) is 5.34. The molecule has 0 aliphatic rings. The largest absolute Gasteiger partial charge is 0.298 e. The first-order valence-corrected chi connectivity index (χ1v) is 6.42. The molecule has 0 spiro atoms. The van der Waals surface area contributed by atoms with Crippen molar-refractivity contribution >= 4 is 6.29 Å². The van der Waals surface area contributed by atoms with Gasteiger partial charge in [0.15, 0.2) is 6.29 Å². The van der Waals surface area contributed by atoms with Gasteiger partial charge in [0.25, 0.3) is 0 Å². The maximum absolute atomic E-state index is 13.5. The molecule has 3 nitrogen and oxygen atoms in total. The molecule has 1 aromatic heterocycles. The molecule has 19 heavy (non-hydrogen) atoms. The van der Waals surface area contributed by atoms with Gasteiger partial charge in [-0.15, -0.1) is 0 Å². The highest BCUT2D eigenvalue weighted by molar-refractivity contribution is 5.89. The van der Waals surface area contributed by atoms with E-state index in [0.29, 0.717) is 11.1 Å². The Labute approximate surface area is 112 Å². The number of halogens is 1. The first-order valence-electron chi connectivity index (χ1n) is 6.42. The third-order valence-corrected chi connectivity index (χ3v) is 3.32. The lowest BCUT2D eigenvalue weighted by Crippen LogP contribution is -1.98. The molecule has 100 valence electrons. The van der Waals surface area contributed by atoms with E-state index in [4.69, 9.17) is 0 Å². The van der Waals surface area contributed by atoms with Gasteiger partial charge >= 0.3 is 0 Å². The molecule has 0 saturated heterocycles. The summed E-state index contributed by atoms with van der Waals surface area (Å²) in [5.41, 5.74) is 3.95. The van der Waals surface area contributed by atoms with E-state index >= 15 is 0 Å². The highest BCUT2D eigenvalue weighted by Crippen LogP contribution is 2.31. The maximum atomic E-state index is 13.5. The molecule has 0 bridgehead atoms. The fraction of sp³-hybridized carbons (Fsp3) is 0.333. The predicted octanol–water partition coefficient (Wildman–Crippen LogP) is 3.16. The molecule has 0 saturated carbocycles. The summed E-state index contributed by atoms with van der Waals surface area (Å²) in [6, 6.07) is 4.24. The molecule has 0 atom stereocenters. The Morgan fingerprint density at radius 2 is 2.05 bits per heavy atom. The number of aryl methyl sites for hydroxylation is 2. The topological polar surface area (TPSA) is 34.9 Å². The molecule has 0 radical (unpaired) electrons. The zero-order valence-corrected chi connectivity index (χ0v) is 11.4. The summed E-state index contributed by atoms with van der Waals surface area (Å²) in [7, 11) is 1.88. The summed E-state index contributed by atoms with van der Waals surface area (Å²) >= 11 is 0. The van der Waals surface area contributed by atoms with Crippen LogP contribution in [0.1, 0.15) is 35.6 Å². The van der Waals surface area contributed by atoms with E-state index in [0.717, 1.165) is 36.1 Å². The van der Waals surface area contributed by atoms with Crippen LogP contribution in [0.2, 0.25) is 0 Å². The van der Waals surface area contributed by atoms with Crippen LogP contribution in [-0.4, -0.2) is 16.1 Å². The monoisotopic (exact) mass is 260 g/mol. The Morgan fingerprint density at radius 3 is 2.63 bits per heavy atom. The number of carbonyl (C=O) groups excluding carboxylic acids is 1. The van der Waals surface area contributed by atoms with Crippen molar-refractivity contribution in [2.75, 3.05) is 0 Å². The van der Waals surface area contributed by atoms with Crippen LogP contribution in [0.15, 0.2) is 18.2 Å². The van der Waals surface area contributed by atoms with E-state index in [-0.39, 0.29) is 5.82 Å². The Morgan fingerprint density at radius 1 is 1.32 bits per heavy atom. The van der Waals surface area contributed by atoms with Crippen molar-refractivity contribution in [3.8, 4) is 11.1 Å². The maximum Gasteiger partial charge on any atom is 0.150 e. The molecule has 1 aromatic carbocycles. The minimum absolute atomic E-state index is 0.339. The summed E-state index contributed by atoms with van der Waals surface area (Å²) in [6.07, 6.45) is 2.30. The van der Waals surface area contributed by atoms with Crippen molar-refractivity contribution in [3.05, 3.63) is 41.0 Å². The van der Waals surface area contributed by atoms with Crippen LogP contribution in [0.4, 0.5) is 4.39 Å². The van der Waals surface area contributed by atoms with E-state index in [9.17, 15) is 9.18 Å². The summed E-state index contributed by atoms with van der Waals surface area (Å²) in [5, 5.41) is 4.46. The third-order valence-electron chi connectivity index (χ3n) is 3.32. The number of hydrogen-bond donors (Lipinski definition) is 0. The molecule has 0 aliphatic carbocycles. The van der Waals surface area contributed by atoms with E-state index < -0.39 is 0 Å². The Hall–Kier alpha value is -1.97. The van der Waals surface area contributed by atoms with E-state index in [1.54, 1.807) is 0 Å².